The Kier molecular flexibility index (Phi) is 4.85. The number of fused-ring (bicyclic) bond motifs is 8. The lowest BCUT2D eigenvalue weighted by Gasteiger charge is -2.12. The van der Waals surface area contributed by atoms with E-state index in [9.17, 15) is 19.2 Å². The van der Waals surface area contributed by atoms with Gasteiger partial charge in [0.1, 0.15) is 11.3 Å². The highest BCUT2D eigenvalue weighted by Gasteiger charge is 2.22. The SMILES string of the molecule is COC(=O)Cc1ccc2c(c1)nc1c3ccc4c(=O)n5c6cc(CC(=O)OC)ccc6nc5c5ccc(c(=O)n21)c3c45. The van der Waals surface area contributed by atoms with Crippen LogP contribution < -0.4 is 11.1 Å². The van der Waals surface area contributed by atoms with Crippen molar-refractivity contribution in [2.75, 3.05) is 14.2 Å². The third kappa shape index (κ3) is 3.14. The van der Waals surface area contributed by atoms with Gasteiger partial charge in [0, 0.05) is 32.3 Å². The van der Waals surface area contributed by atoms with Crippen molar-refractivity contribution in [3.63, 3.8) is 0 Å². The predicted octanol–water partition coefficient (Wildman–Crippen LogP) is 3.78. The van der Waals surface area contributed by atoms with Gasteiger partial charge in [-0.3, -0.25) is 28.0 Å². The van der Waals surface area contributed by atoms with Crippen LogP contribution in [0.4, 0.5) is 0 Å². The molecule has 0 fully saturated rings. The number of hydrogen-bond acceptors (Lipinski definition) is 8. The lowest BCUT2D eigenvalue weighted by Crippen LogP contribution is -2.16. The molecule has 10 nitrogen and oxygen atoms in total. The van der Waals surface area contributed by atoms with Gasteiger partial charge in [0.05, 0.1) is 49.1 Å². The molecular formula is C32H20N4O6. The first-order chi connectivity index (χ1) is 20.4. The van der Waals surface area contributed by atoms with E-state index in [1.807, 2.05) is 12.1 Å². The number of carbonyl (C=O) groups excluding carboxylic acids is 2. The number of esters is 2. The van der Waals surface area contributed by atoms with E-state index in [4.69, 9.17) is 19.4 Å². The number of rotatable bonds is 4. The molecule has 4 aromatic carbocycles. The highest BCUT2D eigenvalue weighted by molar-refractivity contribution is 6.27. The third-order valence-corrected chi connectivity index (χ3v) is 8.10. The summed E-state index contributed by atoms with van der Waals surface area (Å²) in [7, 11) is 2.68. The second kappa shape index (κ2) is 8.43. The van der Waals surface area contributed by atoms with Crippen molar-refractivity contribution in [2.24, 2.45) is 0 Å². The molecule has 0 unspecified atom stereocenters. The van der Waals surface area contributed by atoms with E-state index in [1.165, 1.54) is 14.2 Å². The van der Waals surface area contributed by atoms with E-state index in [0.717, 1.165) is 16.3 Å². The molecule has 0 bridgehead atoms. The van der Waals surface area contributed by atoms with E-state index in [0.29, 0.717) is 60.5 Å². The van der Waals surface area contributed by atoms with E-state index in [2.05, 4.69) is 0 Å². The molecule has 42 heavy (non-hydrogen) atoms. The van der Waals surface area contributed by atoms with Crippen molar-refractivity contribution in [2.45, 2.75) is 12.8 Å². The maximum Gasteiger partial charge on any atom is 0.309 e. The molecule has 0 saturated carbocycles. The maximum atomic E-state index is 14.0. The summed E-state index contributed by atoms with van der Waals surface area (Å²) >= 11 is 0. The second-order valence-electron chi connectivity index (χ2n) is 10.4. The Morgan fingerprint density at radius 1 is 0.619 bits per heavy atom. The first-order valence-electron chi connectivity index (χ1n) is 13.2. The minimum absolute atomic E-state index is 0.0767. The van der Waals surface area contributed by atoms with Crippen molar-refractivity contribution < 1.29 is 19.1 Å². The van der Waals surface area contributed by atoms with Crippen molar-refractivity contribution >= 4 is 77.6 Å². The first-order valence-corrected chi connectivity index (χ1v) is 13.2. The Labute approximate surface area is 235 Å². The van der Waals surface area contributed by atoms with Crippen LogP contribution in [0.25, 0.3) is 65.7 Å². The van der Waals surface area contributed by atoms with Crippen LogP contribution in [0.15, 0.2) is 70.3 Å². The molecule has 0 aliphatic carbocycles. The van der Waals surface area contributed by atoms with Gasteiger partial charge in [-0.15, -0.1) is 0 Å². The van der Waals surface area contributed by atoms with Crippen LogP contribution in [-0.4, -0.2) is 44.9 Å². The van der Waals surface area contributed by atoms with Crippen LogP contribution in [-0.2, 0) is 31.9 Å². The predicted molar refractivity (Wildman–Crippen MR) is 158 cm³/mol. The number of imidazole rings is 2. The summed E-state index contributed by atoms with van der Waals surface area (Å²) in [5.41, 5.74) is 4.29. The molecule has 4 aromatic heterocycles. The van der Waals surface area contributed by atoms with Gasteiger partial charge in [0.2, 0.25) is 0 Å². The van der Waals surface area contributed by atoms with Gasteiger partial charge < -0.3 is 9.47 Å². The Morgan fingerprint density at radius 3 is 1.71 bits per heavy atom. The quantitative estimate of drug-likeness (QED) is 0.237. The number of carbonyl (C=O) groups is 2. The average molecular weight is 557 g/mol. The Morgan fingerprint density at radius 2 is 1.12 bits per heavy atom. The molecule has 0 aliphatic heterocycles. The molecule has 0 saturated heterocycles. The lowest BCUT2D eigenvalue weighted by molar-refractivity contribution is -0.140. The van der Waals surface area contributed by atoms with Crippen LogP contribution in [0.3, 0.4) is 0 Å². The van der Waals surface area contributed by atoms with Gasteiger partial charge in [0.25, 0.3) is 11.1 Å². The molecule has 0 N–H and O–H groups in total. The number of pyridine rings is 2. The molecule has 0 spiro atoms. The number of aromatic nitrogens is 4. The molecule has 8 rings (SSSR count). The largest absolute Gasteiger partial charge is 0.469 e. The summed E-state index contributed by atoms with van der Waals surface area (Å²) in [5.74, 6) is -0.740. The van der Waals surface area contributed by atoms with Crippen LogP contribution in [0.5, 0.6) is 0 Å². The molecule has 0 atom stereocenters. The zero-order valence-electron chi connectivity index (χ0n) is 22.4. The van der Waals surface area contributed by atoms with Crippen molar-refractivity contribution in [1.29, 1.82) is 0 Å². The van der Waals surface area contributed by atoms with Gasteiger partial charge in [-0.1, -0.05) is 12.1 Å². The van der Waals surface area contributed by atoms with Crippen LogP contribution in [0.2, 0.25) is 0 Å². The Balaban J connectivity index is 1.46. The fourth-order valence-corrected chi connectivity index (χ4v) is 6.18. The summed E-state index contributed by atoms with van der Waals surface area (Å²) < 4.78 is 12.7. The summed E-state index contributed by atoms with van der Waals surface area (Å²) in [6.07, 6.45) is 0.172. The van der Waals surface area contributed by atoms with Gasteiger partial charge in [-0.25, -0.2) is 9.97 Å². The lowest BCUT2D eigenvalue weighted by atomic mass is 9.96. The molecule has 0 amide bonds. The zero-order chi connectivity index (χ0) is 28.9. The average Bonchev–Trinajstić information content (AvgIpc) is 3.57. The van der Waals surface area contributed by atoms with E-state index in [1.54, 1.807) is 57.3 Å². The van der Waals surface area contributed by atoms with E-state index >= 15 is 0 Å². The molecule has 8 aromatic rings. The standard InChI is InChI=1S/C32H20N4O6/c1-41-25(37)13-15-4-10-23-22(11-15)34-30-18-6-8-20-27-17(5-7-19(28(18)27)31(39)35(23)30)29-33-21-9-3-16(14-26(38)42-2)12-24(21)36(29)32(20)40/h3-12H,13-14H2,1-2H3. The second-order valence-corrected chi connectivity index (χ2v) is 10.4. The highest BCUT2D eigenvalue weighted by atomic mass is 16.5. The molecule has 0 aliphatic rings. The van der Waals surface area contributed by atoms with E-state index < -0.39 is 0 Å². The Hall–Kier alpha value is -5.64. The van der Waals surface area contributed by atoms with Gasteiger partial charge in [-0.05, 0) is 59.7 Å². The van der Waals surface area contributed by atoms with Crippen molar-refractivity contribution in [1.82, 2.24) is 18.8 Å². The van der Waals surface area contributed by atoms with Gasteiger partial charge in [0.15, 0.2) is 0 Å². The van der Waals surface area contributed by atoms with Crippen LogP contribution in [0, 0.1) is 0 Å². The minimum Gasteiger partial charge on any atom is -0.469 e. The number of ether oxygens (including phenoxy) is 2. The maximum absolute atomic E-state index is 14.0. The summed E-state index contributed by atoms with van der Waals surface area (Å²) in [6.45, 7) is 0. The summed E-state index contributed by atoms with van der Waals surface area (Å²) in [5, 5.41) is 3.70. The smallest absolute Gasteiger partial charge is 0.309 e. The summed E-state index contributed by atoms with van der Waals surface area (Å²) in [6, 6.07) is 17.9. The topological polar surface area (TPSA) is 121 Å². The van der Waals surface area contributed by atoms with Crippen molar-refractivity contribution in [3.8, 4) is 0 Å². The molecule has 10 heteroatoms. The molecular weight excluding hydrogens is 536 g/mol. The number of benzene rings is 4. The third-order valence-electron chi connectivity index (χ3n) is 8.10. The summed E-state index contributed by atoms with van der Waals surface area (Å²) in [4.78, 5) is 61.2. The first kappa shape index (κ1) is 24.2. The number of nitrogens with zero attached hydrogens (tertiary/aromatic N) is 4. The zero-order valence-corrected chi connectivity index (χ0v) is 22.4. The minimum atomic E-state index is -0.376. The fraction of sp³-hybridized carbons (Fsp3) is 0.125. The number of methoxy groups -OCH3 is 2. The van der Waals surface area contributed by atoms with Gasteiger partial charge in [-0.2, -0.15) is 0 Å². The van der Waals surface area contributed by atoms with Crippen molar-refractivity contribution in [3.05, 3.63) is 92.5 Å². The van der Waals surface area contributed by atoms with Crippen LogP contribution in [0.1, 0.15) is 11.1 Å². The molecule has 4 heterocycles. The van der Waals surface area contributed by atoms with Crippen LogP contribution >= 0.6 is 0 Å². The Bertz CT molecular complexity index is 2570. The van der Waals surface area contributed by atoms with Gasteiger partial charge >= 0.3 is 11.9 Å². The highest BCUT2D eigenvalue weighted by Crippen LogP contribution is 2.36. The normalized spacial score (nSPS) is 12.1. The van der Waals surface area contributed by atoms with E-state index in [-0.39, 0.29) is 35.9 Å². The monoisotopic (exact) mass is 556 g/mol. The molecule has 0 radical (unpaired) electrons. The fourth-order valence-electron chi connectivity index (χ4n) is 6.18. The number of hydrogen-bond donors (Lipinski definition) is 0. The molecule has 204 valence electrons.